The number of fused-ring (bicyclic) bond motifs is 1. The number of rotatable bonds is 3. The van der Waals surface area contributed by atoms with E-state index in [9.17, 15) is 9.59 Å². The molecule has 3 rings (SSSR count). The van der Waals surface area contributed by atoms with E-state index in [1.165, 1.54) is 21.8 Å². The molecule has 0 aliphatic heterocycles. The normalized spacial score (nSPS) is 11.0. The first-order chi connectivity index (χ1) is 10.0. The largest absolute Gasteiger partial charge is 0.308 e. The van der Waals surface area contributed by atoms with Gasteiger partial charge in [0.15, 0.2) is 11.5 Å². The average Bonchev–Trinajstić information content (AvgIpc) is 3.00. The van der Waals surface area contributed by atoms with Crippen LogP contribution in [0.4, 0.5) is 5.82 Å². The van der Waals surface area contributed by atoms with Gasteiger partial charge in [-0.3, -0.25) is 23.5 Å². The lowest BCUT2D eigenvalue weighted by Gasteiger charge is -2.05. The zero-order valence-corrected chi connectivity index (χ0v) is 11.5. The fourth-order valence-electron chi connectivity index (χ4n) is 2.00. The van der Waals surface area contributed by atoms with Gasteiger partial charge in [-0.05, 0) is 0 Å². The Balaban J connectivity index is 1.83. The van der Waals surface area contributed by atoms with Crippen LogP contribution in [0.15, 0.2) is 29.6 Å². The van der Waals surface area contributed by atoms with Gasteiger partial charge in [-0.2, -0.15) is 10.2 Å². The van der Waals surface area contributed by atoms with Gasteiger partial charge in [0.2, 0.25) is 5.91 Å². The number of carbonyl (C=O) groups is 1. The van der Waals surface area contributed by atoms with Gasteiger partial charge in [0.25, 0.3) is 5.56 Å². The minimum absolute atomic E-state index is 0.132. The van der Waals surface area contributed by atoms with E-state index in [4.69, 9.17) is 0 Å². The number of aryl methyl sites for hydroxylation is 2. The van der Waals surface area contributed by atoms with Crippen molar-refractivity contribution in [3.05, 3.63) is 35.1 Å². The van der Waals surface area contributed by atoms with Gasteiger partial charge in [0.1, 0.15) is 18.3 Å². The summed E-state index contributed by atoms with van der Waals surface area (Å²) in [6, 6.07) is 1.67. The quantitative estimate of drug-likeness (QED) is 0.700. The molecule has 3 heterocycles. The Morgan fingerprint density at radius 1 is 1.38 bits per heavy atom. The third kappa shape index (κ3) is 2.40. The second-order valence-electron chi connectivity index (χ2n) is 4.61. The van der Waals surface area contributed by atoms with Crippen molar-refractivity contribution in [1.29, 1.82) is 0 Å². The Bertz CT molecular complexity index is 873. The second-order valence-corrected chi connectivity index (χ2v) is 4.61. The van der Waals surface area contributed by atoms with Crippen molar-refractivity contribution < 1.29 is 4.79 Å². The van der Waals surface area contributed by atoms with Crippen molar-refractivity contribution in [1.82, 2.24) is 29.1 Å². The zero-order chi connectivity index (χ0) is 15.0. The molecule has 108 valence electrons. The summed E-state index contributed by atoms with van der Waals surface area (Å²) in [5, 5.41) is 11.0. The molecule has 0 aromatic carbocycles. The van der Waals surface area contributed by atoms with E-state index in [1.807, 2.05) is 0 Å². The highest BCUT2D eigenvalue weighted by atomic mass is 16.2. The zero-order valence-electron chi connectivity index (χ0n) is 11.5. The third-order valence-corrected chi connectivity index (χ3v) is 3.01. The molecule has 0 saturated carbocycles. The third-order valence-electron chi connectivity index (χ3n) is 3.01. The number of carbonyl (C=O) groups excluding carboxylic acids is 1. The topological polar surface area (TPSA) is 99.6 Å². The Morgan fingerprint density at radius 3 is 2.90 bits per heavy atom. The van der Waals surface area contributed by atoms with Gasteiger partial charge in [0, 0.05) is 26.4 Å². The monoisotopic (exact) mass is 287 g/mol. The maximum Gasteiger partial charge on any atom is 0.264 e. The van der Waals surface area contributed by atoms with Crippen LogP contribution in [0.3, 0.4) is 0 Å². The van der Waals surface area contributed by atoms with Crippen molar-refractivity contribution in [3.8, 4) is 0 Å². The first kappa shape index (κ1) is 13.0. The first-order valence-corrected chi connectivity index (χ1v) is 6.21. The molecule has 0 unspecified atom stereocenters. The molecule has 3 aromatic heterocycles. The van der Waals surface area contributed by atoms with Crippen LogP contribution in [-0.4, -0.2) is 35.0 Å². The maximum atomic E-state index is 12.2. The molecule has 0 aliphatic carbocycles. The Labute approximate surface area is 118 Å². The number of amides is 1. The van der Waals surface area contributed by atoms with Crippen molar-refractivity contribution in [3.63, 3.8) is 0 Å². The molecule has 1 amide bonds. The maximum absolute atomic E-state index is 12.2. The van der Waals surface area contributed by atoms with Gasteiger partial charge in [0.05, 0.1) is 6.20 Å². The lowest BCUT2D eigenvalue weighted by molar-refractivity contribution is -0.116. The molecule has 9 heteroatoms. The number of nitrogens with one attached hydrogen (secondary N) is 1. The van der Waals surface area contributed by atoms with Gasteiger partial charge < -0.3 is 5.32 Å². The fourth-order valence-corrected chi connectivity index (χ4v) is 2.00. The van der Waals surface area contributed by atoms with Crippen molar-refractivity contribution in [2.24, 2.45) is 14.1 Å². The van der Waals surface area contributed by atoms with E-state index in [1.54, 1.807) is 31.0 Å². The molecule has 0 radical (unpaired) electrons. The molecule has 0 bridgehead atoms. The van der Waals surface area contributed by atoms with E-state index in [0.29, 0.717) is 16.9 Å². The summed E-state index contributed by atoms with van der Waals surface area (Å²) in [6.45, 7) is -0.132. The highest BCUT2D eigenvalue weighted by Crippen LogP contribution is 2.04. The Hall–Kier alpha value is -2.97. The van der Waals surface area contributed by atoms with E-state index in [-0.39, 0.29) is 18.0 Å². The summed E-state index contributed by atoms with van der Waals surface area (Å²) >= 11 is 0. The van der Waals surface area contributed by atoms with Crippen LogP contribution in [0.5, 0.6) is 0 Å². The van der Waals surface area contributed by atoms with Crippen molar-refractivity contribution in [2.75, 3.05) is 5.32 Å². The molecule has 0 aliphatic rings. The lowest BCUT2D eigenvalue weighted by Crippen LogP contribution is -2.28. The molecule has 1 N–H and O–H groups in total. The Morgan fingerprint density at radius 2 is 2.19 bits per heavy atom. The van der Waals surface area contributed by atoms with Gasteiger partial charge in [-0.15, -0.1) is 0 Å². The van der Waals surface area contributed by atoms with Gasteiger partial charge >= 0.3 is 0 Å². The predicted molar refractivity (Wildman–Crippen MR) is 74.6 cm³/mol. The van der Waals surface area contributed by atoms with Crippen LogP contribution < -0.4 is 10.9 Å². The molecule has 21 heavy (non-hydrogen) atoms. The number of anilines is 1. The number of hydrogen-bond donors (Lipinski definition) is 1. The summed E-state index contributed by atoms with van der Waals surface area (Å²) in [6.07, 6.45) is 4.49. The summed E-state index contributed by atoms with van der Waals surface area (Å²) in [5.41, 5.74) is 0.186. The molecule has 0 fully saturated rings. The molecular formula is C12H13N7O2. The second kappa shape index (κ2) is 4.85. The van der Waals surface area contributed by atoms with Crippen LogP contribution in [0.25, 0.3) is 11.0 Å². The van der Waals surface area contributed by atoms with Crippen LogP contribution in [0.1, 0.15) is 0 Å². The van der Waals surface area contributed by atoms with Crippen molar-refractivity contribution >= 4 is 22.8 Å². The molecule has 9 nitrogen and oxygen atoms in total. The number of hydrogen-bond acceptors (Lipinski definition) is 5. The highest BCUT2D eigenvalue weighted by Gasteiger charge is 2.11. The molecular weight excluding hydrogens is 274 g/mol. The Kier molecular flexibility index (Phi) is 3.01. The molecule has 0 atom stereocenters. The van der Waals surface area contributed by atoms with Gasteiger partial charge in [-0.25, -0.2) is 4.98 Å². The molecule has 0 spiro atoms. The van der Waals surface area contributed by atoms with Crippen LogP contribution in [-0.2, 0) is 25.4 Å². The summed E-state index contributed by atoms with van der Waals surface area (Å²) in [5.74, 6) is 0.0896. The van der Waals surface area contributed by atoms with Crippen LogP contribution in [0, 0.1) is 0 Å². The van der Waals surface area contributed by atoms with E-state index in [2.05, 4.69) is 20.5 Å². The van der Waals surface area contributed by atoms with Crippen LogP contribution >= 0.6 is 0 Å². The molecule has 0 saturated heterocycles. The standard InChI is InChI=1S/C12H13N7O2/c1-17-4-3-9(16-17)15-10(20)6-19-7-13-11-8(12(19)21)5-14-18(11)2/h3-5,7H,6H2,1-2H3,(H,15,16,20). The van der Waals surface area contributed by atoms with E-state index in [0.717, 1.165) is 0 Å². The van der Waals surface area contributed by atoms with Crippen LogP contribution in [0.2, 0.25) is 0 Å². The molecule has 3 aromatic rings. The lowest BCUT2D eigenvalue weighted by atomic mass is 10.4. The smallest absolute Gasteiger partial charge is 0.264 e. The number of nitrogens with zero attached hydrogens (tertiary/aromatic N) is 6. The fraction of sp³-hybridized carbons (Fsp3) is 0.250. The van der Waals surface area contributed by atoms with Gasteiger partial charge in [-0.1, -0.05) is 0 Å². The minimum Gasteiger partial charge on any atom is -0.308 e. The summed E-state index contributed by atoms with van der Waals surface area (Å²) in [4.78, 5) is 28.2. The SMILES string of the molecule is Cn1ccc(NC(=O)Cn2cnc3c(cnn3C)c2=O)n1. The summed E-state index contributed by atoms with van der Waals surface area (Å²) in [7, 11) is 3.45. The van der Waals surface area contributed by atoms with Crippen molar-refractivity contribution in [2.45, 2.75) is 6.54 Å². The number of aromatic nitrogens is 6. The summed E-state index contributed by atoms with van der Waals surface area (Å²) < 4.78 is 4.32. The van der Waals surface area contributed by atoms with E-state index >= 15 is 0 Å². The average molecular weight is 287 g/mol. The van der Waals surface area contributed by atoms with E-state index < -0.39 is 0 Å². The predicted octanol–water partition coefficient (Wildman–Crippen LogP) is -0.498. The highest BCUT2D eigenvalue weighted by molar-refractivity contribution is 5.89. The minimum atomic E-state index is -0.346. The first-order valence-electron chi connectivity index (χ1n) is 6.21.